The van der Waals surface area contributed by atoms with Crippen LogP contribution in [0.2, 0.25) is 0 Å². The SMILES string of the molecule is N#Cc1cccc(-c2nc3ccccc3nc2-c2nc(-c3ccc4ccccc4c3)nc(-c3ccc4ccccc4c3)n2)c1. The minimum atomic E-state index is 0.405. The Kier molecular flexibility index (Phi) is 6.06. The van der Waals surface area contributed by atoms with E-state index in [1.54, 1.807) is 6.07 Å². The number of para-hydroxylation sites is 2. The molecule has 0 aliphatic rings. The lowest BCUT2D eigenvalue weighted by atomic mass is 10.0. The van der Waals surface area contributed by atoms with Gasteiger partial charge in [-0.25, -0.2) is 24.9 Å². The minimum absolute atomic E-state index is 0.405. The molecule has 0 saturated heterocycles. The Labute approximate surface area is 253 Å². The fourth-order valence-corrected chi connectivity index (χ4v) is 5.49. The number of nitriles is 1. The van der Waals surface area contributed by atoms with Crippen LogP contribution in [0.15, 0.2) is 133 Å². The van der Waals surface area contributed by atoms with Gasteiger partial charge >= 0.3 is 0 Å². The molecule has 0 aliphatic heterocycles. The molecule has 204 valence electrons. The van der Waals surface area contributed by atoms with Crippen molar-refractivity contribution >= 4 is 32.6 Å². The monoisotopic (exact) mass is 562 g/mol. The molecule has 8 rings (SSSR count). The van der Waals surface area contributed by atoms with Gasteiger partial charge in [0.15, 0.2) is 17.5 Å². The van der Waals surface area contributed by atoms with E-state index >= 15 is 0 Å². The van der Waals surface area contributed by atoms with Crippen molar-refractivity contribution < 1.29 is 0 Å². The normalized spacial score (nSPS) is 11.2. The molecule has 0 radical (unpaired) electrons. The van der Waals surface area contributed by atoms with Gasteiger partial charge in [-0.2, -0.15) is 5.26 Å². The number of benzene rings is 6. The molecule has 0 aliphatic carbocycles. The summed E-state index contributed by atoms with van der Waals surface area (Å²) in [6.45, 7) is 0. The van der Waals surface area contributed by atoms with E-state index in [4.69, 9.17) is 24.9 Å². The highest BCUT2D eigenvalue weighted by molar-refractivity contribution is 5.89. The van der Waals surface area contributed by atoms with Crippen LogP contribution in [0, 0.1) is 11.3 Å². The molecule has 0 spiro atoms. The zero-order valence-electron chi connectivity index (χ0n) is 23.4. The van der Waals surface area contributed by atoms with Gasteiger partial charge in [-0.1, -0.05) is 97.1 Å². The van der Waals surface area contributed by atoms with Gasteiger partial charge in [-0.05, 0) is 57.9 Å². The molecular weight excluding hydrogens is 540 g/mol. The maximum absolute atomic E-state index is 9.62. The first kappa shape index (κ1) is 25.4. The predicted molar refractivity (Wildman–Crippen MR) is 174 cm³/mol. The van der Waals surface area contributed by atoms with Gasteiger partial charge in [0.05, 0.1) is 22.7 Å². The average Bonchev–Trinajstić information content (AvgIpc) is 3.10. The van der Waals surface area contributed by atoms with Crippen molar-refractivity contribution in [1.29, 1.82) is 5.26 Å². The Morgan fingerprint density at radius 2 is 0.909 bits per heavy atom. The van der Waals surface area contributed by atoms with Crippen molar-refractivity contribution in [3.05, 3.63) is 139 Å². The summed E-state index contributed by atoms with van der Waals surface area (Å²) in [5, 5.41) is 14.1. The third-order valence-corrected chi connectivity index (χ3v) is 7.70. The molecule has 0 bridgehead atoms. The molecule has 6 heteroatoms. The van der Waals surface area contributed by atoms with Crippen LogP contribution in [0.25, 0.3) is 78.1 Å². The van der Waals surface area contributed by atoms with Crippen molar-refractivity contribution in [3.8, 4) is 51.6 Å². The van der Waals surface area contributed by atoms with Crippen LogP contribution in [-0.2, 0) is 0 Å². The van der Waals surface area contributed by atoms with E-state index in [0.29, 0.717) is 34.4 Å². The van der Waals surface area contributed by atoms with Gasteiger partial charge in [-0.15, -0.1) is 0 Å². The van der Waals surface area contributed by atoms with Gasteiger partial charge in [0, 0.05) is 16.7 Å². The molecule has 2 aromatic heterocycles. The zero-order chi connectivity index (χ0) is 29.5. The summed E-state index contributed by atoms with van der Waals surface area (Å²) in [5.41, 5.74) is 5.62. The molecule has 0 atom stereocenters. The van der Waals surface area contributed by atoms with E-state index < -0.39 is 0 Å². The number of rotatable bonds is 4. The van der Waals surface area contributed by atoms with Gasteiger partial charge in [0.2, 0.25) is 0 Å². The molecule has 44 heavy (non-hydrogen) atoms. The smallest absolute Gasteiger partial charge is 0.184 e. The number of aromatic nitrogens is 5. The predicted octanol–water partition coefficient (Wildman–Crippen LogP) is 8.66. The summed E-state index contributed by atoms with van der Waals surface area (Å²) in [5.74, 6) is 1.48. The summed E-state index contributed by atoms with van der Waals surface area (Å²) in [7, 11) is 0. The highest BCUT2D eigenvalue weighted by atomic mass is 15.1. The first-order chi connectivity index (χ1) is 21.7. The van der Waals surface area contributed by atoms with E-state index in [1.165, 1.54) is 0 Å². The Hall–Kier alpha value is -6.32. The number of fused-ring (bicyclic) bond motifs is 3. The topological polar surface area (TPSA) is 88.2 Å². The van der Waals surface area contributed by atoms with E-state index in [2.05, 4.69) is 54.6 Å². The van der Waals surface area contributed by atoms with Crippen LogP contribution in [0.3, 0.4) is 0 Å². The van der Waals surface area contributed by atoms with Gasteiger partial charge < -0.3 is 0 Å². The van der Waals surface area contributed by atoms with E-state index in [0.717, 1.165) is 49.3 Å². The second-order valence-electron chi connectivity index (χ2n) is 10.5. The quantitative estimate of drug-likeness (QED) is 0.213. The van der Waals surface area contributed by atoms with Gasteiger partial charge in [0.25, 0.3) is 0 Å². The van der Waals surface area contributed by atoms with Crippen molar-refractivity contribution in [2.45, 2.75) is 0 Å². The summed E-state index contributed by atoms with van der Waals surface area (Å²) >= 11 is 0. The lowest BCUT2D eigenvalue weighted by molar-refractivity contribution is 1.06. The van der Waals surface area contributed by atoms with Crippen molar-refractivity contribution in [2.75, 3.05) is 0 Å². The number of nitrogens with zero attached hydrogens (tertiary/aromatic N) is 6. The third kappa shape index (κ3) is 4.59. The summed E-state index contributed by atoms with van der Waals surface area (Å²) in [6, 6.07) is 46.2. The van der Waals surface area contributed by atoms with Gasteiger partial charge in [-0.3, -0.25) is 0 Å². The molecule has 0 N–H and O–H groups in total. The summed E-state index contributed by atoms with van der Waals surface area (Å²) < 4.78 is 0. The largest absolute Gasteiger partial charge is 0.244 e. The molecule has 0 amide bonds. The van der Waals surface area contributed by atoms with E-state index in [9.17, 15) is 5.26 Å². The fraction of sp³-hybridized carbons (Fsp3) is 0. The average molecular weight is 563 g/mol. The van der Waals surface area contributed by atoms with Crippen LogP contribution in [0.4, 0.5) is 0 Å². The second kappa shape index (κ2) is 10.5. The molecule has 0 fully saturated rings. The molecule has 2 heterocycles. The van der Waals surface area contributed by atoms with Gasteiger partial charge in [0.1, 0.15) is 11.4 Å². The van der Waals surface area contributed by atoms with E-state index in [1.807, 2.05) is 78.9 Å². The van der Waals surface area contributed by atoms with Crippen LogP contribution in [0.5, 0.6) is 0 Å². The first-order valence-electron chi connectivity index (χ1n) is 14.2. The molecule has 0 saturated carbocycles. The molecule has 0 unspecified atom stereocenters. The van der Waals surface area contributed by atoms with Crippen molar-refractivity contribution in [3.63, 3.8) is 0 Å². The van der Waals surface area contributed by atoms with Crippen molar-refractivity contribution in [2.24, 2.45) is 0 Å². The maximum Gasteiger partial charge on any atom is 0.184 e. The van der Waals surface area contributed by atoms with Crippen LogP contribution >= 0.6 is 0 Å². The maximum atomic E-state index is 9.62. The second-order valence-corrected chi connectivity index (χ2v) is 10.5. The van der Waals surface area contributed by atoms with Crippen LogP contribution in [-0.4, -0.2) is 24.9 Å². The third-order valence-electron chi connectivity index (χ3n) is 7.70. The first-order valence-corrected chi connectivity index (χ1v) is 14.2. The Morgan fingerprint density at radius 3 is 1.50 bits per heavy atom. The summed E-state index contributed by atoms with van der Waals surface area (Å²) in [4.78, 5) is 25.1. The van der Waals surface area contributed by atoms with Crippen LogP contribution < -0.4 is 0 Å². The molecule has 8 aromatic rings. The minimum Gasteiger partial charge on any atom is -0.244 e. The standard InChI is InChI=1S/C38H22N6/c39-23-24-8-7-13-29(20-24)34-35(41-33-15-6-5-14-32(33)40-34)38-43-36(30-18-16-25-9-1-3-11-27(25)21-30)42-37(44-38)31-19-17-26-10-2-4-12-28(26)22-31/h1-22H. The lowest BCUT2D eigenvalue weighted by Crippen LogP contribution is -2.04. The van der Waals surface area contributed by atoms with Crippen LogP contribution in [0.1, 0.15) is 5.56 Å². The number of hydrogen-bond acceptors (Lipinski definition) is 6. The molecule has 6 nitrogen and oxygen atoms in total. The Morgan fingerprint density at radius 1 is 0.386 bits per heavy atom. The Bertz CT molecular complexity index is 2330. The Balaban J connectivity index is 1.41. The van der Waals surface area contributed by atoms with E-state index in [-0.39, 0.29) is 0 Å². The van der Waals surface area contributed by atoms with Crippen molar-refractivity contribution in [1.82, 2.24) is 24.9 Å². The molecule has 6 aromatic carbocycles. The highest BCUT2D eigenvalue weighted by Crippen LogP contribution is 2.33. The number of hydrogen-bond donors (Lipinski definition) is 0. The summed E-state index contributed by atoms with van der Waals surface area (Å²) in [6.07, 6.45) is 0. The lowest BCUT2D eigenvalue weighted by Gasteiger charge is -2.12. The fourth-order valence-electron chi connectivity index (χ4n) is 5.49. The highest BCUT2D eigenvalue weighted by Gasteiger charge is 2.20. The molecular formula is C38H22N6. The zero-order valence-corrected chi connectivity index (χ0v) is 23.4.